The van der Waals surface area contributed by atoms with Crippen molar-refractivity contribution in [2.45, 2.75) is 13.5 Å². The van der Waals surface area contributed by atoms with Crippen LogP contribution in [0.3, 0.4) is 0 Å². The smallest absolute Gasteiger partial charge is 0.239 e. The summed E-state index contributed by atoms with van der Waals surface area (Å²) in [5.41, 5.74) is 2.05. The molecule has 1 amide bonds. The number of furan rings is 1. The second-order valence-electron chi connectivity index (χ2n) is 4.17. The number of carbonyl (C=O) groups is 1. The topological polar surface area (TPSA) is 54.3 Å². The molecule has 0 atom stereocenters. The summed E-state index contributed by atoms with van der Waals surface area (Å²) in [6.45, 7) is 2.64. The lowest BCUT2D eigenvalue weighted by molar-refractivity contribution is -0.119. The molecule has 2 N–H and O–H groups in total. The molecule has 5 heteroatoms. The van der Waals surface area contributed by atoms with Gasteiger partial charge in [-0.3, -0.25) is 4.79 Å². The Morgan fingerprint density at radius 3 is 2.89 bits per heavy atom. The Morgan fingerprint density at radius 2 is 2.21 bits per heavy atom. The Hall–Kier alpha value is -1.75. The Balaban J connectivity index is 1.80. The molecule has 0 fully saturated rings. The predicted molar refractivity (Wildman–Crippen MR) is 77.9 cm³/mol. The molecule has 0 spiro atoms. The summed E-state index contributed by atoms with van der Waals surface area (Å²) in [5.74, 6) is 0.673. The van der Waals surface area contributed by atoms with Crippen molar-refractivity contribution in [2.24, 2.45) is 0 Å². The third kappa shape index (κ3) is 4.13. The van der Waals surface area contributed by atoms with Gasteiger partial charge in [0.2, 0.25) is 5.91 Å². The summed E-state index contributed by atoms with van der Waals surface area (Å²) >= 11 is 3.41. The summed E-state index contributed by atoms with van der Waals surface area (Å²) < 4.78 is 6.16. The van der Waals surface area contributed by atoms with Crippen molar-refractivity contribution < 1.29 is 9.21 Å². The van der Waals surface area contributed by atoms with E-state index in [-0.39, 0.29) is 12.5 Å². The number of carbonyl (C=O) groups excluding carboxylic acids is 1. The quantitative estimate of drug-likeness (QED) is 0.889. The molecular weight excluding hydrogens is 308 g/mol. The van der Waals surface area contributed by atoms with Crippen molar-refractivity contribution in [3.63, 3.8) is 0 Å². The van der Waals surface area contributed by atoms with Gasteiger partial charge in [0.05, 0.1) is 19.4 Å². The zero-order chi connectivity index (χ0) is 13.7. The van der Waals surface area contributed by atoms with Gasteiger partial charge >= 0.3 is 0 Å². The molecule has 2 rings (SSSR count). The molecule has 0 aliphatic carbocycles. The minimum absolute atomic E-state index is 0.0706. The van der Waals surface area contributed by atoms with E-state index in [4.69, 9.17) is 4.42 Å². The molecule has 1 aromatic carbocycles. The van der Waals surface area contributed by atoms with Crippen molar-refractivity contribution in [3.8, 4) is 0 Å². The number of halogens is 1. The fraction of sp³-hybridized carbons (Fsp3) is 0.214. The first-order chi connectivity index (χ1) is 9.15. The number of hydrogen-bond donors (Lipinski definition) is 2. The first kappa shape index (κ1) is 13.7. The highest BCUT2D eigenvalue weighted by molar-refractivity contribution is 9.10. The molecule has 0 radical (unpaired) electrons. The van der Waals surface area contributed by atoms with Gasteiger partial charge in [0, 0.05) is 10.2 Å². The van der Waals surface area contributed by atoms with Crippen LogP contribution in [0, 0.1) is 6.92 Å². The highest BCUT2D eigenvalue weighted by Gasteiger charge is 2.04. The molecule has 1 heterocycles. The third-order valence-corrected chi connectivity index (χ3v) is 3.16. The van der Waals surface area contributed by atoms with E-state index in [1.807, 2.05) is 31.2 Å². The fourth-order valence-corrected chi connectivity index (χ4v) is 2.14. The van der Waals surface area contributed by atoms with Crippen molar-refractivity contribution in [2.75, 3.05) is 11.9 Å². The van der Waals surface area contributed by atoms with Crippen LogP contribution < -0.4 is 10.6 Å². The van der Waals surface area contributed by atoms with E-state index in [1.54, 1.807) is 12.3 Å². The van der Waals surface area contributed by atoms with Gasteiger partial charge in [-0.25, -0.2) is 0 Å². The number of benzene rings is 1. The molecule has 100 valence electrons. The normalized spacial score (nSPS) is 10.2. The minimum Gasteiger partial charge on any atom is -0.467 e. The molecule has 19 heavy (non-hydrogen) atoms. The van der Waals surface area contributed by atoms with Gasteiger partial charge in [0.25, 0.3) is 0 Å². The molecule has 0 aliphatic rings. The van der Waals surface area contributed by atoms with Crippen molar-refractivity contribution >= 4 is 27.5 Å². The Morgan fingerprint density at radius 1 is 1.37 bits per heavy atom. The van der Waals surface area contributed by atoms with Gasteiger partial charge in [-0.05, 0) is 42.8 Å². The second kappa shape index (κ2) is 6.43. The van der Waals surface area contributed by atoms with Gasteiger partial charge in [-0.15, -0.1) is 0 Å². The number of hydrogen-bond acceptors (Lipinski definition) is 3. The lowest BCUT2D eigenvalue weighted by atomic mass is 10.2. The number of rotatable bonds is 5. The molecule has 0 bridgehead atoms. The Labute approximate surface area is 120 Å². The zero-order valence-corrected chi connectivity index (χ0v) is 12.2. The maximum Gasteiger partial charge on any atom is 0.239 e. The summed E-state index contributed by atoms with van der Waals surface area (Å²) in [6, 6.07) is 9.51. The van der Waals surface area contributed by atoms with Gasteiger partial charge in [-0.2, -0.15) is 0 Å². The SMILES string of the molecule is Cc1cc(Br)ccc1NCC(=O)NCc1ccco1. The van der Waals surface area contributed by atoms with E-state index in [1.165, 1.54) is 0 Å². The van der Waals surface area contributed by atoms with Crippen LogP contribution in [0.25, 0.3) is 0 Å². The highest BCUT2D eigenvalue weighted by atomic mass is 79.9. The average Bonchev–Trinajstić information content (AvgIpc) is 2.88. The van der Waals surface area contributed by atoms with E-state index >= 15 is 0 Å². The van der Waals surface area contributed by atoms with Crippen LogP contribution in [-0.4, -0.2) is 12.5 Å². The van der Waals surface area contributed by atoms with Gasteiger partial charge < -0.3 is 15.1 Å². The third-order valence-electron chi connectivity index (χ3n) is 2.67. The zero-order valence-electron chi connectivity index (χ0n) is 10.6. The maximum atomic E-state index is 11.7. The molecule has 2 aromatic rings. The number of aryl methyl sites for hydroxylation is 1. The largest absolute Gasteiger partial charge is 0.467 e. The monoisotopic (exact) mass is 322 g/mol. The van der Waals surface area contributed by atoms with Crippen molar-refractivity contribution in [1.82, 2.24) is 5.32 Å². The van der Waals surface area contributed by atoms with E-state index in [0.717, 1.165) is 21.5 Å². The first-order valence-corrected chi connectivity index (χ1v) is 6.73. The van der Waals surface area contributed by atoms with E-state index < -0.39 is 0 Å². The molecule has 0 saturated heterocycles. The molecule has 0 unspecified atom stereocenters. The summed E-state index contributed by atoms with van der Waals surface area (Å²) in [6.07, 6.45) is 1.59. The van der Waals surface area contributed by atoms with Crippen LogP contribution in [0.15, 0.2) is 45.5 Å². The Bertz CT molecular complexity index is 553. The van der Waals surface area contributed by atoms with Gasteiger partial charge in [-0.1, -0.05) is 15.9 Å². The highest BCUT2D eigenvalue weighted by Crippen LogP contribution is 2.19. The van der Waals surface area contributed by atoms with Gasteiger partial charge in [0.15, 0.2) is 0 Å². The summed E-state index contributed by atoms with van der Waals surface area (Å²) in [5, 5.41) is 5.89. The lowest BCUT2D eigenvalue weighted by Gasteiger charge is -2.09. The lowest BCUT2D eigenvalue weighted by Crippen LogP contribution is -2.29. The fourth-order valence-electron chi connectivity index (χ4n) is 1.66. The predicted octanol–water partition coefficient (Wildman–Crippen LogP) is 3.08. The number of amides is 1. The van der Waals surface area contributed by atoms with Crippen LogP contribution in [0.2, 0.25) is 0 Å². The Kier molecular flexibility index (Phi) is 4.63. The average molecular weight is 323 g/mol. The standard InChI is InChI=1S/C14H15BrN2O2/c1-10-7-11(15)4-5-13(10)16-9-14(18)17-8-12-3-2-6-19-12/h2-7,16H,8-9H2,1H3,(H,17,18). The maximum absolute atomic E-state index is 11.7. The molecule has 4 nitrogen and oxygen atoms in total. The summed E-state index contributed by atoms with van der Waals surface area (Å²) in [7, 11) is 0. The number of anilines is 1. The van der Waals surface area contributed by atoms with Crippen LogP contribution in [0.1, 0.15) is 11.3 Å². The molecule has 1 aromatic heterocycles. The van der Waals surface area contributed by atoms with Gasteiger partial charge in [0.1, 0.15) is 5.76 Å². The van der Waals surface area contributed by atoms with Crippen LogP contribution >= 0.6 is 15.9 Å². The summed E-state index contributed by atoms with van der Waals surface area (Å²) in [4.78, 5) is 11.7. The molecule has 0 aliphatic heterocycles. The molecular formula is C14H15BrN2O2. The van der Waals surface area contributed by atoms with E-state index in [0.29, 0.717) is 6.54 Å². The van der Waals surface area contributed by atoms with E-state index in [9.17, 15) is 4.79 Å². The van der Waals surface area contributed by atoms with Crippen LogP contribution in [0.4, 0.5) is 5.69 Å². The van der Waals surface area contributed by atoms with Crippen LogP contribution in [0.5, 0.6) is 0 Å². The van der Waals surface area contributed by atoms with Crippen molar-refractivity contribution in [1.29, 1.82) is 0 Å². The second-order valence-corrected chi connectivity index (χ2v) is 5.08. The van der Waals surface area contributed by atoms with E-state index in [2.05, 4.69) is 26.6 Å². The van der Waals surface area contributed by atoms with Crippen molar-refractivity contribution in [3.05, 3.63) is 52.4 Å². The van der Waals surface area contributed by atoms with Crippen LogP contribution in [-0.2, 0) is 11.3 Å². The first-order valence-electron chi connectivity index (χ1n) is 5.94. The number of nitrogens with one attached hydrogen (secondary N) is 2. The minimum atomic E-state index is -0.0706. The molecule has 0 saturated carbocycles.